The highest BCUT2D eigenvalue weighted by molar-refractivity contribution is 6.42. The third kappa shape index (κ3) is 6.63. The summed E-state index contributed by atoms with van der Waals surface area (Å²) in [6.07, 6.45) is 5.41. The van der Waals surface area contributed by atoms with Crippen LogP contribution < -0.4 is 10.1 Å². The van der Waals surface area contributed by atoms with E-state index in [2.05, 4.69) is 5.32 Å². The van der Waals surface area contributed by atoms with Crippen molar-refractivity contribution >= 4 is 35.0 Å². The first-order valence-corrected chi connectivity index (χ1v) is 11.8. The average molecular weight is 477 g/mol. The van der Waals surface area contributed by atoms with Gasteiger partial charge in [-0.2, -0.15) is 0 Å². The molecule has 0 bridgehead atoms. The molecular weight excluding hydrogens is 447 g/mol. The smallest absolute Gasteiger partial charge is 0.261 e. The molecule has 0 aliphatic heterocycles. The summed E-state index contributed by atoms with van der Waals surface area (Å²) in [5.41, 5.74) is 1.74. The number of hydrogen-bond donors (Lipinski definition) is 1. The van der Waals surface area contributed by atoms with Gasteiger partial charge in [0.05, 0.1) is 10.0 Å². The third-order valence-corrected chi connectivity index (χ3v) is 6.64. The van der Waals surface area contributed by atoms with Crippen LogP contribution in [0.3, 0.4) is 0 Å². The van der Waals surface area contributed by atoms with Gasteiger partial charge < -0.3 is 15.0 Å². The van der Waals surface area contributed by atoms with Gasteiger partial charge in [0.25, 0.3) is 5.91 Å². The number of rotatable bonds is 8. The number of benzene rings is 2. The number of carbonyl (C=O) groups is 2. The molecule has 3 rings (SSSR count). The predicted octanol–water partition coefficient (Wildman–Crippen LogP) is 5.55. The van der Waals surface area contributed by atoms with Crippen LogP contribution in [-0.2, 0) is 16.1 Å². The Balaban J connectivity index is 1.74. The van der Waals surface area contributed by atoms with Crippen molar-refractivity contribution in [2.24, 2.45) is 0 Å². The van der Waals surface area contributed by atoms with E-state index < -0.39 is 6.04 Å². The number of para-hydroxylation sites is 1. The number of hydrogen-bond acceptors (Lipinski definition) is 3. The zero-order valence-corrected chi connectivity index (χ0v) is 20.1. The first-order chi connectivity index (χ1) is 15.3. The van der Waals surface area contributed by atoms with E-state index >= 15 is 0 Å². The topological polar surface area (TPSA) is 58.6 Å². The maximum atomic E-state index is 13.2. The molecule has 1 fully saturated rings. The van der Waals surface area contributed by atoms with Gasteiger partial charge in [0, 0.05) is 12.6 Å². The van der Waals surface area contributed by atoms with E-state index in [9.17, 15) is 9.59 Å². The van der Waals surface area contributed by atoms with Gasteiger partial charge in [-0.05, 0) is 56.0 Å². The molecule has 1 unspecified atom stereocenters. The second-order valence-corrected chi connectivity index (χ2v) is 9.16. The standard InChI is InChI=1S/C25H30Cl2N2O3/c1-17-8-6-7-11-23(17)32-16-24(30)29(15-19-12-13-21(26)22(27)14-19)18(2)25(31)28-20-9-4-3-5-10-20/h6-8,11-14,18,20H,3-5,9-10,15-16H2,1-2H3,(H,28,31). The Morgan fingerprint density at radius 1 is 1.09 bits per heavy atom. The summed E-state index contributed by atoms with van der Waals surface area (Å²) in [5, 5.41) is 3.98. The Morgan fingerprint density at radius 3 is 2.50 bits per heavy atom. The van der Waals surface area contributed by atoms with Crippen molar-refractivity contribution in [3.63, 3.8) is 0 Å². The number of aryl methyl sites for hydroxylation is 1. The van der Waals surface area contributed by atoms with Crippen LogP contribution in [0.5, 0.6) is 5.75 Å². The molecule has 1 aliphatic carbocycles. The van der Waals surface area contributed by atoms with E-state index in [0.717, 1.165) is 36.8 Å². The fourth-order valence-electron chi connectivity index (χ4n) is 3.93. The Bertz CT molecular complexity index is 945. The number of nitrogens with zero attached hydrogens (tertiary/aromatic N) is 1. The maximum Gasteiger partial charge on any atom is 0.261 e. The van der Waals surface area contributed by atoms with Crippen molar-refractivity contribution in [1.82, 2.24) is 10.2 Å². The lowest BCUT2D eigenvalue weighted by molar-refractivity contribution is -0.142. The SMILES string of the molecule is Cc1ccccc1OCC(=O)N(Cc1ccc(Cl)c(Cl)c1)C(C)C(=O)NC1CCCCC1. The van der Waals surface area contributed by atoms with Crippen LogP contribution in [0.2, 0.25) is 10.0 Å². The molecule has 0 aromatic heterocycles. The van der Waals surface area contributed by atoms with Crippen LogP contribution in [-0.4, -0.2) is 35.4 Å². The summed E-state index contributed by atoms with van der Waals surface area (Å²) in [7, 11) is 0. The number of nitrogens with one attached hydrogen (secondary N) is 1. The van der Waals surface area contributed by atoms with Crippen LogP contribution in [0, 0.1) is 6.92 Å². The number of halogens is 2. The summed E-state index contributed by atoms with van der Waals surface area (Å²) < 4.78 is 5.77. The van der Waals surface area contributed by atoms with E-state index in [-0.39, 0.29) is 31.0 Å². The van der Waals surface area contributed by atoms with E-state index in [1.807, 2.05) is 37.3 Å². The van der Waals surface area contributed by atoms with Gasteiger partial charge in [-0.1, -0.05) is 66.7 Å². The van der Waals surface area contributed by atoms with Gasteiger partial charge in [-0.15, -0.1) is 0 Å². The molecular formula is C25H30Cl2N2O3. The Morgan fingerprint density at radius 2 is 1.81 bits per heavy atom. The van der Waals surface area contributed by atoms with Crippen LogP contribution in [0.25, 0.3) is 0 Å². The van der Waals surface area contributed by atoms with Crippen LogP contribution >= 0.6 is 23.2 Å². The van der Waals surface area contributed by atoms with Gasteiger partial charge in [0.1, 0.15) is 11.8 Å². The van der Waals surface area contributed by atoms with E-state index in [0.29, 0.717) is 15.8 Å². The summed E-state index contributed by atoms with van der Waals surface area (Å²) in [5.74, 6) is 0.224. The molecule has 32 heavy (non-hydrogen) atoms. The molecule has 1 saturated carbocycles. The number of ether oxygens (including phenoxy) is 1. The monoisotopic (exact) mass is 476 g/mol. The van der Waals surface area contributed by atoms with E-state index in [1.54, 1.807) is 19.1 Å². The van der Waals surface area contributed by atoms with E-state index in [4.69, 9.17) is 27.9 Å². The minimum absolute atomic E-state index is 0.152. The first-order valence-electron chi connectivity index (χ1n) is 11.1. The molecule has 2 aromatic carbocycles. The predicted molar refractivity (Wildman–Crippen MR) is 128 cm³/mol. The molecule has 1 atom stereocenters. The molecule has 1 N–H and O–H groups in total. The third-order valence-electron chi connectivity index (χ3n) is 5.90. The summed E-state index contributed by atoms with van der Waals surface area (Å²) in [6.45, 7) is 3.74. The van der Waals surface area contributed by atoms with Gasteiger partial charge in [0.2, 0.25) is 5.91 Å². The Labute approximate surface area is 200 Å². The summed E-state index contributed by atoms with van der Waals surface area (Å²) in [4.78, 5) is 27.7. The van der Waals surface area contributed by atoms with E-state index in [1.165, 1.54) is 11.3 Å². The lowest BCUT2D eigenvalue weighted by Gasteiger charge is -2.31. The summed E-state index contributed by atoms with van der Waals surface area (Å²) in [6, 6.07) is 12.3. The quantitative estimate of drug-likeness (QED) is 0.543. The number of carbonyl (C=O) groups excluding carboxylic acids is 2. The highest BCUT2D eigenvalue weighted by Gasteiger charge is 2.28. The molecule has 2 amide bonds. The summed E-state index contributed by atoms with van der Waals surface area (Å²) >= 11 is 12.2. The minimum Gasteiger partial charge on any atom is -0.484 e. The lowest BCUT2D eigenvalue weighted by atomic mass is 9.95. The van der Waals surface area contributed by atoms with Gasteiger partial charge in [-0.3, -0.25) is 9.59 Å². The second-order valence-electron chi connectivity index (χ2n) is 8.34. The normalized spacial score (nSPS) is 15.1. The second kappa shape index (κ2) is 11.6. The van der Waals surface area contributed by atoms with Crippen molar-refractivity contribution in [3.8, 4) is 5.75 Å². The Kier molecular flexibility index (Phi) is 8.83. The molecule has 0 heterocycles. The van der Waals surface area contributed by atoms with Crippen molar-refractivity contribution < 1.29 is 14.3 Å². The van der Waals surface area contributed by atoms with Gasteiger partial charge in [-0.25, -0.2) is 0 Å². The molecule has 7 heteroatoms. The molecule has 1 aliphatic rings. The van der Waals surface area contributed by atoms with Crippen molar-refractivity contribution in [3.05, 3.63) is 63.6 Å². The average Bonchev–Trinajstić information content (AvgIpc) is 2.79. The first kappa shape index (κ1) is 24.4. The van der Waals surface area contributed by atoms with Crippen LogP contribution in [0.15, 0.2) is 42.5 Å². The highest BCUT2D eigenvalue weighted by atomic mass is 35.5. The Hall–Kier alpha value is -2.24. The zero-order chi connectivity index (χ0) is 23.1. The zero-order valence-electron chi connectivity index (χ0n) is 18.6. The van der Waals surface area contributed by atoms with Gasteiger partial charge in [0.15, 0.2) is 6.61 Å². The highest BCUT2D eigenvalue weighted by Crippen LogP contribution is 2.24. The van der Waals surface area contributed by atoms with Gasteiger partial charge >= 0.3 is 0 Å². The minimum atomic E-state index is -0.653. The molecule has 0 radical (unpaired) electrons. The van der Waals surface area contributed by atoms with Crippen molar-refractivity contribution in [2.45, 2.75) is 64.6 Å². The van der Waals surface area contributed by atoms with Crippen molar-refractivity contribution in [2.75, 3.05) is 6.61 Å². The van der Waals surface area contributed by atoms with Crippen LogP contribution in [0.1, 0.15) is 50.2 Å². The van der Waals surface area contributed by atoms with Crippen LogP contribution in [0.4, 0.5) is 0 Å². The van der Waals surface area contributed by atoms with Crippen molar-refractivity contribution in [1.29, 1.82) is 0 Å². The molecule has 172 valence electrons. The molecule has 2 aromatic rings. The molecule has 0 saturated heterocycles. The molecule has 0 spiro atoms. The maximum absolute atomic E-state index is 13.2. The fraction of sp³-hybridized carbons (Fsp3) is 0.440. The lowest BCUT2D eigenvalue weighted by Crippen LogP contribution is -2.51. The largest absolute Gasteiger partial charge is 0.484 e. The number of amides is 2. The fourth-order valence-corrected chi connectivity index (χ4v) is 4.25. The molecule has 5 nitrogen and oxygen atoms in total.